The van der Waals surface area contributed by atoms with Crippen LogP contribution in [0, 0.1) is 17.0 Å². The molecule has 0 bridgehead atoms. The molecule has 33 heavy (non-hydrogen) atoms. The van der Waals surface area contributed by atoms with E-state index in [-0.39, 0.29) is 29.4 Å². The summed E-state index contributed by atoms with van der Waals surface area (Å²) in [4.78, 5) is 13.2. The molecule has 1 aliphatic heterocycles. The van der Waals surface area contributed by atoms with Gasteiger partial charge in [0.1, 0.15) is 11.6 Å². The summed E-state index contributed by atoms with van der Waals surface area (Å²) >= 11 is 5.66. The average molecular weight is 489 g/mol. The van der Waals surface area contributed by atoms with Gasteiger partial charge in [-0.3, -0.25) is 9.69 Å². The average Bonchev–Trinajstić information content (AvgIpc) is 2.71. The smallest absolute Gasteiger partial charge is 0.382 e. The fraction of sp³-hybridized carbons (Fsp3) is 0.364. The van der Waals surface area contributed by atoms with Crippen LogP contribution in [0.25, 0.3) is 0 Å². The van der Waals surface area contributed by atoms with Crippen molar-refractivity contribution in [3.8, 4) is 0 Å². The Bertz CT molecular complexity index is 1080. The van der Waals surface area contributed by atoms with Crippen molar-refractivity contribution >= 4 is 28.9 Å². The monoisotopic (exact) mass is 488 g/mol. The highest BCUT2D eigenvalue weighted by Gasteiger charge is 2.32. The second-order valence-electron chi connectivity index (χ2n) is 7.99. The standard InChI is InChI=1S/C22H22ClF5N4O/c1-11(29)15-8-16(21(30)33)18(24)9-19(15)31-14-2-4-32(5-3-14)10-12-6-13(22(26,27)28)7-17(23)20(12)25/h6-9,14,29,31H,2-5,10H2,1H3,(H2,30,33). The molecule has 3 rings (SSSR count). The molecule has 2 aromatic rings. The van der Waals surface area contributed by atoms with Gasteiger partial charge in [-0.05, 0) is 44.0 Å². The zero-order valence-corrected chi connectivity index (χ0v) is 18.4. The summed E-state index contributed by atoms with van der Waals surface area (Å²) in [6.07, 6.45) is -3.54. The number of benzene rings is 2. The van der Waals surface area contributed by atoms with Gasteiger partial charge >= 0.3 is 6.18 Å². The van der Waals surface area contributed by atoms with Gasteiger partial charge in [0.2, 0.25) is 0 Å². The number of nitrogens with zero attached hydrogens (tertiary/aromatic N) is 1. The lowest BCUT2D eigenvalue weighted by molar-refractivity contribution is -0.137. The van der Waals surface area contributed by atoms with Crippen LogP contribution in [-0.4, -0.2) is 35.7 Å². The quantitative estimate of drug-likeness (QED) is 0.386. The largest absolute Gasteiger partial charge is 0.416 e. The summed E-state index contributed by atoms with van der Waals surface area (Å²) in [6.45, 7) is 2.37. The molecule has 0 saturated carbocycles. The third-order valence-corrected chi connectivity index (χ3v) is 5.82. The van der Waals surface area contributed by atoms with Crippen LogP contribution in [0.5, 0.6) is 0 Å². The lowest BCUT2D eigenvalue weighted by atomic mass is 10.00. The van der Waals surface area contributed by atoms with Crippen molar-refractivity contribution in [2.45, 2.75) is 38.5 Å². The van der Waals surface area contributed by atoms with Crippen molar-refractivity contribution in [3.63, 3.8) is 0 Å². The molecule has 0 radical (unpaired) electrons. The van der Waals surface area contributed by atoms with Gasteiger partial charge in [-0.2, -0.15) is 13.2 Å². The molecule has 0 spiro atoms. The van der Waals surface area contributed by atoms with Gasteiger partial charge in [0, 0.05) is 48.2 Å². The van der Waals surface area contributed by atoms with Crippen molar-refractivity contribution in [2.75, 3.05) is 18.4 Å². The Morgan fingerprint density at radius 2 is 1.82 bits per heavy atom. The SMILES string of the molecule is CC(=N)c1cc(C(N)=O)c(F)cc1NC1CCN(Cc2cc(C(F)(F)F)cc(Cl)c2F)CC1. The van der Waals surface area contributed by atoms with E-state index in [9.17, 15) is 26.7 Å². The number of nitrogens with one attached hydrogen (secondary N) is 2. The summed E-state index contributed by atoms with van der Waals surface area (Å²) < 4.78 is 67.7. The van der Waals surface area contributed by atoms with Gasteiger partial charge in [-0.25, -0.2) is 8.78 Å². The van der Waals surface area contributed by atoms with Crippen molar-refractivity contribution < 1.29 is 26.7 Å². The van der Waals surface area contributed by atoms with E-state index >= 15 is 0 Å². The highest BCUT2D eigenvalue weighted by Crippen LogP contribution is 2.34. The van der Waals surface area contributed by atoms with Gasteiger partial charge in [0.25, 0.3) is 5.91 Å². The molecule has 1 amide bonds. The number of piperidine rings is 1. The van der Waals surface area contributed by atoms with Gasteiger partial charge in [0.05, 0.1) is 16.1 Å². The molecular weight excluding hydrogens is 467 g/mol. The first-order valence-electron chi connectivity index (χ1n) is 10.1. The Morgan fingerprint density at radius 3 is 2.36 bits per heavy atom. The molecule has 11 heteroatoms. The van der Waals surface area contributed by atoms with Crippen molar-refractivity contribution in [1.82, 2.24) is 4.90 Å². The molecule has 1 aliphatic rings. The number of nitrogens with two attached hydrogens (primary N) is 1. The Kier molecular flexibility index (Phi) is 7.28. The number of primary amides is 1. The topological polar surface area (TPSA) is 82.2 Å². The van der Waals surface area contributed by atoms with Crippen LogP contribution in [0.3, 0.4) is 0 Å². The van der Waals surface area contributed by atoms with Crippen LogP contribution in [0.1, 0.15) is 46.8 Å². The van der Waals surface area contributed by atoms with Gasteiger partial charge in [0.15, 0.2) is 0 Å². The molecule has 1 fully saturated rings. The molecular formula is C22H22ClF5N4O. The summed E-state index contributed by atoms with van der Waals surface area (Å²) in [7, 11) is 0. The van der Waals surface area contributed by atoms with E-state index in [0.717, 1.165) is 12.1 Å². The fourth-order valence-corrected chi connectivity index (χ4v) is 4.05. The van der Waals surface area contributed by atoms with Gasteiger partial charge in [-0.15, -0.1) is 0 Å². The van der Waals surface area contributed by atoms with E-state index in [0.29, 0.717) is 43.2 Å². The summed E-state index contributed by atoms with van der Waals surface area (Å²) in [5, 5.41) is 10.5. The maximum absolute atomic E-state index is 14.3. The maximum Gasteiger partial charge on any atom is 0.416 e. The molecule has 0 atom stereocenters. The molecule has 0 unspecified atom stereocenters. The van der Waals surface area contributed by atoms with E-state index < -0.39 is 34.3 Å². The predicted molar refractivity (Wildman–Crippen MR) is 116 cm³/mol. The van der Waals surface area contributed by atoms with Gasteiger partial charge < -0.3 is 16.5 Å². The minimum atomic E-state index is -4.63. The third kappa shape index (κ3) is 5.80. The minimum Gasteiger partial charge on any atom is -0.382 e. The van der Waals surface area contributed by atoms with E-state index in [2.05, 4.69) is 5.32 Å². The minimum absolute atomic E-state index is 0.0328. The van der Waals surface area contributed by atoms with Crippen LogP contribution in [0.15, 0.2) is 24.3 Å². The Hall–Kier alpha value is -2.72. The zero-order chi connectivity index (χ0) is 24.5. The molecule has 1 saturated heterocycles. The molecule has 2 aromatic carbocycles. The number of amides is 1. The number of anilines is 1. The summed E-state index contributed by atoms with van der Waals surface area (Å²) in [5.41, 5.74) is 4.54. The van der Waals surface area contributed by atoms with Crippen LogP contribution in [0.2, 0.25) is 5.02 Å². The fourth-order valence-electron chi connectivity index (χ4n) is 3.81. The number of alkyl halides is 3. The Morgan fingerprint density at radius 1 is 1.18 bits per heavy atom. The van der Waals surface area contributed by atoms with Crippen LogP contribution in [0.4, 0.5) is 27.6 Å². The number of halogens is 6. The van der Waals surface area contributed by atoms with Crippen LogP contribution >= 0.6 is 11.6 Å². The zero-order valence-electron chi connectivity index (χ0n) is 17.6. The number of hydrogen-bond donors (Lipinski definition) is 3. The van der Waals surface area contributed by atoms with Crippen molar-refractivity contribution in [1.29, 1.82) is 5.41 Å². The van der Waals surface area contributed by atoms with Crippen molar-refractivity contribution in [3.05, 3.63) is 63.2 Å². The lowest BCUT2D eigenvalue weighted by Crippen LogP contribution is -2.39. The molecule has 0 aliphatic carbocycles. The molecule has 4 N–H and O–H groups in total. The predicted octanol–water partition coefficient (Wildman–Crippen LogP) is 5.20. The highest BCUT2D eigenvalue weighted by atomic mass is 35.5. The highest BCUT2D eigenvalue weighted by molar-refractivity contribution is 6.30. The first-order chi connectivity index (χ1) is 15.4. The van der Waals surface area contributed by atoms with Gasteiger partial charge in [-0.1, -0.05) is 11.6 Å². The molecule has 178 valence electrons. The van der Waals surface area contributed by atoms with E-state index in [1.807, 2.05) is 4.90 Å². The second-order valence-corrected chi connectivity index (χ2v) is 8.40. The summed E-state index contributed by atoms with van der Waals surface area (Å²) in [5.74, 6) is -2.61. The molecule has 5 nitrogen and oxygen atoms in total. The second kappa shape index (κ2) is 9.64. The Labute approximate surface area is 192 Å². The normalized spacial score (nSPS) is 15.5. The third-order valence-electron chi connectivity index (χ3n) is 5.55. The maximum atomic E-state index is 14.3. The van der Waals surface area contributed by atoms with E-state index in [4.69, 9.17) is 22.7 Å². The number of hydrogen-bond acceptors (Lipinski definition) is 4. The van der Waals surface area contributed by atoms with Crippen LogP contribution < -0.4 is 11.1 Å². The molecule has 1 heterocycles. The Balaban J connectivity index is 1.69. The first-order valence-corrected chi connectivity index (χ1v) is 10.5. The number of likely N-dealkylation sites (tertiary alicyclic amines) is 1. The first kappa shape index (κ1) is 24.9. The number of rotatable bonds is 6. The molecule has 0 aromatic heterocycles. The lowest BCUT2D eigenvalue weighted by Gasteiger charge is -2.33. The number of carbonyl (C=O) groups excluding carboxylic acids is 1. The number of carbonyl (C=O) groups is 1. The van der Waals surface area contributed by atoms with Crippen molar-refractivity contribution in [2.24, 2.45) is 5.73 Å². The summed E-state index contributed by atoms with van der Waals surface area (Å²) in [6, 6.07) is 3.58. The van der Waals surface area contributed by atoms with Crippen LogP contribution in [-0.2, 0) is 12.7 Å². The van der Waals surface area contributed by atoms with E-state index in [1.165, 1.54) is 13.0 Å². The van der Waals surface area contributed by atoms with E-state index in [1.54, 1.807) is 0 Å².